The number of aliphatic carboxylic acids is 1. The zero-order chi connectivity index (χ0) is 12.5. The predicted octanol–water partition coefficient (Wildman–Crippen LogP) is 0.615. The number of sulfonamides is 1. The molecule has 0 saturated carbocycles. The zero-order valence-electron chi connectivity index (χ0n) is 9.58. The third-order valence-corrected chi connectivity index (χ3v) is 5.88. The van der Waals surface area contributed by atoms with Crippen molar-refractivity contribution in [1.82, 2.24) is 4.31 Å². The summed E-state index contributed by atoms with van der Waals surface area (Å²) in [5.41, 5.74) is 0. The molecule has 1 rings (SSSR count). The molecule has 0 aromatic heterocycles. The van der Waals surface area contributed by atoms with E-state index in [0.717, 1.165) is 0 Å². The highest BCUT2D eigenvalue weighted by atomic mass is 32.2. The maximum Gasteiger partial charge on any atom is 0.323 e. The van der Waals surface area contributed by atoms with E-state index in [0.29, 0.717) is 13.1 Å². The summed E-state index contributed by atoms with van der Waals surface area (Å²) < 4.78 is 25.2. The molecule has 94 valence electrons. The third kappa shape index (κ3) is 2.89. The van der Waals surface area contributed by atoms with Crippen LogP contribution >= 0.6 is 11.8 Å². The van der Waals surface area contributed by atoms with Gasteiger partial charge in [0.25, 0.3) is 0 Å². The molecule has 0 aromatic rings. The SMILES string of the molecule is CC1CN(S(=O)(=O)C(C)C(=O)O)CC(C)S1. The number of thioether (sulfide) groups is 1. The highest BCUT2D eigenvalue weighted by molar-refractivity contribution is 8.00. The smallest absolute Gasteiger partial charge is 0.323 e. The van der Waals surface area contributed by atoms with Crippen LogP contribution in [0.2, 0.25) is 0 Å². The Balaban J connectivity index is 2.87. The molecule has 1 aliphatic rings. The van der Waals surface area contributed by atoms with Crippen molar-refractivity contribution in [2.45, 2.75) is 36.5 Å². The Hall–Kier alpha value is -0.270. The van der Waals surface area contributed by atoms with Gasteiger partial charge in [-0.2, -0.15) is 16.1 Å². The number of hydrogen-bond donors (Lipinski definition) is 1. The summed E-state index contributed by atoms with van der Waals surface area (Å²) in [5, 5.41) is 7.82. The van der Waals surface area contributed by atoms with Gasteiger partial charge in [-0.1, -0.05) is 13.8 Å². The van der Waals surface area contributed by atoms with E-state index in [2.05, 4.69) is 0 Å². The summed E-state index contributed by atoms with van der Waals surface area (Å²) in [6.07, 6.45) is 0. The van der Waals surface area contributed by atoms with Gasteiger partial charge >= 0.3 is 5.97 Å². The highest BCUT2D eigenvalue weighted by Gasteiger charge is 2.37. The molecule has 0 bridgehead atoms. The first-order chi connectivity index (χ1) is 7.25. The minimum atomic E-state index is -3.71. The monoisotopic (exact) mass is 267 g/mol. The van der Waals surface area contributed by atoms with Gasteiger partial charge in [0.2, 0.25) is 10.0 Å². The summed E-state index contributed by atoms with van der Waals surface area (Å²) in [6, 6.07) is 0. The fourth-order valence-corrected chi connectivity index (χ4v) is 4.77. The summed E-state index contributed by atoms with van der Waals surface area (Å²) in [5.74, 6) is -1.29. The first kappa shape index (κ1) is 13.8. The summed E-state index contributed by atoms with van der Waals surface area (Å²) in [6.45, 7) is 5.92. The van der Waals surface area contributed by atoms with Crippen molar-refractivity contribution in [2.24, 2.45) is 0 Å². The number of nitrogens with zero attached hydrogens (tertiary/aromatic N) is 1. The lowest BCUT2D eigenvalue weighted by Gasteiger charge is -2.34. The van der Waals surface area contributed by atoms with Crippen molar-refractivity contribution >= 4 is 27.8 Å². The third-order valence-electron chi connectivity index (χ3n) is 2.54. The second kappa shape index (κ2) is 4.93. The molecule has 1 aliphatic heterocycles. The number of carboxylic acid groups (broad SMARTS) is 1. The minimum absolute atomic E-state index is 0.208. The Morgan fingerprint density at radius 1 is 1.38 bits per heavy atom. The molecular formula is C9H17NO4S2. The van der Waals surface area contributed by atoms with E-state index in [-0.39, 0.29) is 10.5 Å². The minimum Gasteiger partial charge on any atom is -0.480 e. The van der Waals surface area contributed by atoms with Crippen LogP contribution in [0.25, 0.3) is 0 Å². The lowest BCUT2D eigenvalue weighted by molar-refractivity contribution is -0.136. The van der Waals surface area contributed by atoms with Crippen molar-refractivity contribution in [1.29, 1.82) is 0 Å². The van der Waals surface area contributed by atoms with Crippen molar-refractivity contribution in [2.75, 3.05) is 13.1 Å². The molecular weight excluding hydrogens is 250 g/mol. The van der Waals surface area contributed by atoms with Crippen molar-refractivity contribution < 1.29 is 18.3 Å². The van der Waals surface area contributed by atoms with Gasteiger partial charge in [-0.25, -0.2) is 8.42 Å². The van der Waals surface area contributed by atoms with Gasteiger partial charge in [-0.05, 0) is 6.92 Å². The van der Waals surface area contributed by atoms with E-state index in [1.165, 1.54) is 11.2 Å². The van der Waals surface area contributed by atoms with Gasteiger partial charge in [0.1, 0.15) is 0 Å². The van der Waals surface area contributed by atoms with Crippen LogP contribution < -0.4 is 0 Å². The largest absolute Gasteiger partial charge is 0.480 e. The normalized spacial score (nSPS) is 29.9. The van der Waals surface area contributed by atoms with Gasteiger partial charge < -0.3 is 5.11 Å². The molecule has 0 spiro atoms. The van der Waals surface area contributed by atoms with Crippen LogP contribution in [-0.2, 0) is 14.8 Å². The second-order valence-electron chi connectivity index (χ2n) is 4.10. The fourth-order valence-electron chi connectivity index (χ4n) is 1.69. The van der Waals surface area contributed by atoms with E-state index in [1.807, 2.05) is 13.8 Å². The Morgan fingerprint density at radius 3 is 2.19 bits per heavy atom. The van der Waals surface area contributed by atoms with E-state index in [4.69, 9.17) is 5.11 Å². The van der Waals surface area contributed by atoms with Gasteiger partial charge in [0.05, 0.1) is 0 Å². The zero-order valence-corrected chi connectivity index (χ0v) is 11.2. The average Bonchev–Trinajstić information content (AvgIpc) is 2.14. The van der Waals surface area contributed by atoms with Crippen molar-refractivity contribution in [3.8, 4) is 0 Å². The van der Waals surface area contributed by atoms with Crippen LogP contribution in [0.15, 0.2) is 0 Å². The Bertz CT molecular complexity index is 358. The lowest BCUT2D eigenvalue weighted by Crippen LogP contribution is -2.48. The summed E-state index contributed by atoms with van der Waals surface area (Å²) in [4.78, 5) is 10.7. The number of carboxylic acids is 1. The van der Waals surface area contributed by atoms with E-state index >= 15 is 0 Å². The van der Waals surface area contributed by atoms with Crippen LogP contribution in [-0.4, -0.2) is 52.6 Å². The predicted molar refractivity (Wildman–Crippen MR) is 64.1 cm³/mol. The molecule has 5 nitrogen and oxygen atoms in total. The van der Waals surface area contributed by atoms with Gasteiger partial charge in [0.15, 0.2) is 5.25 Å². The Kier molecular flexibility index (Phi) is 4.25. The molecule has 3 atom stereocenters. The van der Waals surface area contributed by atoms with Crippen molar-refractivity contribution in [3.63, 3.8) is 0 Å². The van der Waals surface area contributed by atoms with Crippen LogP contribution in [0.5, 0.6) is 0 Å². The molecule has 1 heterocycles. The first-order valence-electron chi connectivity index (χ1n) is 5.12. The van der Waals surface area contributed by atoms with Crippen LogP contribution in [0.1, 0.15) is 20.8 Å². The molecule has 1 fully saturated rings. The van der Waals surface area contributed by atoms with E-state index < -0.39 is 21.2 Å². The summed E-state index contributed by atoms with van der Waals surface area (Å²) >= 11 is 1.73. The standard InChI is InChI=1S/C9H17NO4S2/c1-6-4-10(5-7(2)15-6)16(13,14)8(3)9(11)12/h6-8H,4-5H2,1-3H3,(H,11,12). The van der Waals surface area contributed by atoms with Crippen LogP contribution in [0.3, 0.4) is 0 Å². The van der Waals surface area contributed by atoms with Crippen LogP contribution in [0.4, 0.5) is 0 Å². The molecule has 0 aromatic carbocycles. The van der Waals surface area contributed by atoms with E-state index in [1.54, 1.807) is 11.8 Å². The molecule has 0 radical (unpaired) electrons. The molecule has 16 heavy (non-hydrogen) atoms. The number of carbonyl (C=O) groups is 1. The lowest BCUT2D eigenvalue weighted by atomic mass is 10.4. The average molecular weight is 267 g/mol. The Morgan fingerprint density at radius 2 is 1.81 bits per heavy atom. The van der Waals surface area contributed by atoms with Gasteiger partial charge in [-0.15, -0.1) is 0 Å². The maximum atomic E-state index is 12.0. The number of rotatable bonds is 3. The molecule has 0 amide bonds. The molecule has 1 N–H and O–H groups in total. The van der Waals surface area contributed by atoms with Gasteiger partial charge in [0, 0.05) is 23.6 Å². The van der Waals surface area contributed by atoms with Crippen molar-refractivity contribution in [3.05, 3.63) is 0 Å². The molecule has 3 unspecified atom stereocenters. The first-order valence-corrected chi connectivity index (χ1v) is 7.57. The van der Waals surface area contributed by atoms with Crippen LogP contribution in [0, 0.1) is 0 Å². The topological polar surface area (TPSA) is 74.7 Å². The van der Waals surface area contributed by atoms with Gasteiger partial charge in [-0.3, -0.25) is 4.79 Å². The second-order valence-corrected chi connectivity index (χ2v) is 8.23. The highest BCUT2D eigenvalue weighted by Crippen LogP contribution is 2.27. The fraction of sp³-hybridized carbons (Fsp3) is 0.889. The Labute approximate surface area is 100 Å². The molecule has 0 aliphatic carbocycles. The number of hydrogen-bond acceptors (Lipinski definition) is 4. The van der Waals surface area contributed by atoms with E-state index in [9.17, 15) is 13.2 Å². The molecule has 1 saturated heterocycles. The summed E-state index contributed by atoms with van der Waals surface area (Å²) in [7, 11) is -3.71. The molecule has 7 heteroatoms. The quantitative estimate of drug-likeness (QED) is 0.811. The maximum absolute atomic E-state index is 12.0.